The Kier molecular flexibility index (Phi) is 7.93. The van der Waals surface area contributed by atoms with Gasteiger partial charge in [-0.05, 0) is 12.3 Å². The topological polar surface area (TPSA) is 75.3 Å². The van der Waals surface area contributed by atoms with Crippen LogP contribution in [0.15, 0.2) is 0 Å². The van der Waals surface area contributed by atoms with Gasteiger partial charge in [0.2, 0.25) is 0 Å². The number of rotatable bonds is 3. The third-order valence-electron chi connectivity index (χ3n) is 1.67. The molecule has 1 aliphatic heterocycles. The molecule has 4 nitrogen and oxygen atoms in total. The monoisotopic (exact) mass is 220 g/mol. The van der Waals surface area contributed by atoms with Crippen molar-refractivity contribution in [1.29, 1.82) is 0 Å². The molecule has 0 aliphatic carbocycles. The molecule has 0 aromatic rings. The molecule has 5 heteroatoms. The molecule has 0 saturated carbocycles. The van der Waals surface area contributed by atoms with Crippen LogP contribution in [-0.2, 0) is 4.79 Å². The molecular weight excluding hydrogens is 200 g/mol. The Labute approximate surface area is 89.6 Å². The van der Waals surface area contributed by atoms with E-state index in [1.54, 1.807) is 0 Å². The Bertz CT molecular complexity index is 153. The lowest BCUT2D eigenvalue weighted by Gasteiger charge is -2.07. The summed E-state index contributed by atoms with van der Waals surface area (Å²) >= 11 is 1.96. The lowest BCUT2D eigenvalue weighted by atomic mass is 10.1. The van der Waals surface area contributed by atoms with Crippen molar-refractivity contribution in [2.24, 2.45) is 11.7 Å². The molecule has 1 aliphatic rings. The van der Waals surface area contributed by atoms with Gasteiger partial charge in [-0.25, -0.2) is 0 Å². The quantitative estimate of drug-likeness (QED) is 0.653. The molecule has 0 unspecified atom stereocenters. The van der Waals surface area contributed by atoms with Crippen molar-refractivity contribution in [2.75, 3.05) is 18.2 Å². The second kappa shape index (κ2) is 8.08. The number of carboxylic acid groups (broad SMARTS) is 1. The van der Waals surface area contributed by atoms with Gasteiger partial charge in [0, 0.05) is 18.2 Å². The fraction of sp³-hybridized carbons (Fsp3) is 0.889. The molecule has 0 radical (unpaired) electrons. The minimum absolute atomic E-state index is 0.357. The van der Waals surface area contributed by atoms with Crippen molar-refractivity contribution in [3.63, 3.8) is 0 Å². The maximum atomic E-state index is 10.1. The van der Waals surface area contributed by atoms with E-state index in [1.165, 1.54) is 18.2 Å². The number of nitrogens with one attached hydrogen (secondary N) is 1. The highest BCUT2D eigenvalue weighted by Gasteiger charge is 2.11. The predicted molar refractivity (Wildman–Crippen MR) is 60.4 cm³/mol. The summed E-state index contributed by atoms with van der Waals surface area (Å²) in [5.74, 6) is 1.92. The van der Waals surface area contributed by atoms with Crippen molar-refractivity contribution < 1.29 is 9.90 Å². The maximum Gasteiger partial charge on any atom is 0.320 e. The smallest absolute Gasteiger partial charge is 0.320 e. The number of carboxylic acids is 1. The van der Waals surface area contributed by atoms with E-state index in [0.717, 1.165) is 0 Å². The van der Waals surface area contributed by atoms with Crippen LogP contribution in [0.4, 0.5) is 0 Å². The van der Waals surface area contributed by atoms with E-state index >= 15 is 0 Å². The predicted octanol–water partition coefficient (Wildman–Crippen LogP) is 0.725. The molecule has 0 aromatic heterocycles. The van der Waals surface area contributed by atoms with Crippen LogP contribution < -0.4 is 11.1 Å². The SMILES string of the molecule is C1CSCN1.CC(C)C[C@H](N)C(=O)O. The Morgan fingerprint density at radius 3 is 2.43 bits per heavy atom. The van der Waals surface area contributed by atoms with Gasteiger partial charge >= 0.3 is 5.97 Å². The van der Waals surface area contributed by atoms with E-state index in [4.69, 9.17) is 10.8 Å². The van der Waals surface area contributed by atoms with Crippen LogP contribution in [0.25, 0.3) is 0 Å². The Hall–Kier alpha value is -0.260. The first-order valence-electron chi connectivity index (χ1n) is 4.81. The van der Waals surface area contributed by atoms with E-state index in [9.17, 15) is 4.79 Å². The van der Waals surface area contributed by atoms with Gasteiger partial charge in [0.1, 0.15) is 6.04 Å². The molecule has 4 N–H and O–H groups in total. The van der Waals surface area contributed by atoms with E-state index in [2.05, 4.69) is 5.32 Å². The van der Waals surface area contributed by atoms with Crippen molar-refractivity contribution in [3.05, 3.63) is 0 Å². The van der Waals surface area contributed by atoms with Gasteiger partial charge in [-0.1, -0.05) is 13.8 Å². The summed E-state index contributed by atoms with van der Waals surface area (Å²) in [6, 6.07) is -0.690. The summed E-state index contributed by atoms with van der Waals surface area (Å²) in [4.78, 5) is 10.1. The van der Waals surface area contributed by atoms with E-state index in [1.807, 2.05) is 25.6 Å². The van der Waals surface area contributed by atoms with Crippen LogP contribution in [0, 0.1) is 5.92 Å². The number of nitrogens with two attached hydrogens (primary N) is 1. The molecule has 0 aromatic carbocycles. The maximum absolute atomic E-state index is 10.1. The van der Waals surface area contributed by atoms with E-state index in [0.29, 0.717) is 12.3 Å². The lowest BCUT2D eigenvalue weighted by Crippen LogP contribution is -2.31. The van der Waals surface area contributed by atoms with Crippen LogP contribution in [0.3, 0.4) is 0 Å². The standard InChI is InChI=1S/C6H13NO2.C3H7NS/c1-4(2)3-5(7)6(8)9;1-2-5-3-4-1/h4-5H,3,7H2,1-2H3,(H,8,9);4H,1-3H2/t5-;/m0./s1. The minimum atomic E-state index is -0.913. The Balaban J connectivity index is 0.000000280. The highest BCUT2D eigenvalue weighted by molar-refractivity contribution is 7.99. The zero-order chi connectivity index (χ0) is 11.0. The van der Waals surface area contributed by atoms with Crippen molar-refractivity contribution in [2.45, 2.75) is 26.3 Å². The van der Waals surface area contributed by atoms with Gasteiger partial charge in [-0.3, -0.25) is 4.79 Å². The van der Waals surface area contributed by atoms with Crippen LogP contribution in [0.2, 0.25) is 0 Å². The van der Waals surface area contributed by atoms with Crippen LogP contribution in [0.5, 0.6) is 0 Å². The third kappa shape index (κ3) is 8.34. The highest BCUT2D eigenvalue weighted by atomic mass is 32.2. The number of aliphatic carboxylic acids is 1. The highest BCUT2D eigenvalue weighted by Crippen LogP contribution is 2.01. The summed E-state index contributed by atoms with van der Waals surface area (Å²) in [7, 11) is 0. The zero-order valence-electron chi connectivity index (χ0n) is 8.82. The number of hydrogen-bond donors (Lipinski definition) is 3. The van der Waals surface area contributed by atoms with Gasteiger partial charge in [0.25, 0.3) is 0 Å². The Morgan fingerprint density at radius 1 is 1.64 bits per heavy atom. The molecule has 0 amide bonds. The summed E-state index contributed by atoms with van der Waals surface area (Å²) in [6.45, 7) is 5.11. The second-order valence-electron chi connectivity index (χ2n) is 3.63. The minimum Gasteiger partial charge on any atom is -0.480 e. The van der Waals surface area contributed by atoms with Crippen molar-refractivity contribution >= 4 is 17.7 Å². The second-order valence-corrected chi connectivity index (χ2v) is 4.73. The van der Waals surface area contributed by atoms with Crippen LogP contribution in [0.1, 0.15) is 20.3 Å². The molecule has 0 spiro atoms. The first-order chi connectivity index (χ1) is 6.54. The van der Waals surface area contributed by atoms with E-state index < -0.39 is 12.0 Å². The molecular formula is C9H20N2O2S. The molecule has 1 heterocycles. The first-order valence-corrected chi connectivity index (χ1v) is 5.96. The average molecular weight is 220 g/mol. The van der Waals surface area contributed by atoms with Gasteiger partial charge in [0.05, 0.1) is 0 Å². The molecule has 14 heavy (non-hydrogen) atoms. The number of hydrogen-bond acceptors (Lipinski definition) is 4. The summed E-state index contributed by atoms with van der Waals surface area (Å²) in [5.41, 5.74) is 5.22. The fourth-order valence-electron chi connectivity index (χ4n) is 0.970. The van der Waals surface area contributed by atoms with Gasteiger partial charge < -0.3 is 16.2 Å². The Morgan fingerprint density at radius 2 is 2.29 bits per heavy atom. The number of carbonyl (C=O) groups is 1. The molecule has 1 fully saturated rings. The summed E-state index contributed by atoms with van der Waals surface area (Å²) in [5, 5.41) is 11.5. The summed E-state index contributed by atoms with van der Waals surface area (Å²) in [6.07, 6.45) is 0.551. The van der Waals surface area contributed by atoms with Crippen LogP contribution >= 0.6 is 11.8 Å². The van der Waals surface area contributed by atoms with Gasteiger partial charge in [-0.2, -0.15) is 0 Å². The van der Waals surface area contributed by atoms with Gasteiger partial charge in [0.15, 0.2) is 0 Å². The zero-order valence-corrected chi connectivity index (χ0v) is 9.64. The van der Waals surface area contributed by atoms with Gasteiger partial charge in [-0.15, -0.1) is 11.8 Å². The normalized spacial score (nSPS) is 17.4. The average Bonchev–Trinajstić information content (AvgIpc) is 2.59. The molecule has 1 rings (SSSR count). The first kappa shape index (κ1) is 13.7. The molecule has 1 atom stereocenters. The van der Waals surface area contributed by atoms with Crippen LogP contribution in [-0.4, -0.2) is 35.3 Å². The van der Waals surface area contributed by atoms with E-state index in [-0.39, 0.29) is 0 Å². The molecule has 1 saturated heterocycles. The fourth-order valence-corrected chi connectivity index (χ4v) is 1.69. The third-order valence-corrected chi connectivity index (χ3v) is 2.57. The largest absolute Gasteiger partial charge is 0.480 e. The number of thioether (sulfide) groups is 1. The lowest BCUT2D eigenvalue weighted by molar-refractivity contribution is -0.138. The summed E-state index contributed by atoms with van der Waals surface area (Å²) < 4.78 is 0. The van der Waals surface area contributed by atoms with Crippen molar-refractivity contribution in [1.82, 2.24) is 5.32 Å². The van der Waals surface area contributed by atoms with Crippen molar-refractivity contribution in [3.8, 4) is 0 Å². The molecule has 84 valence electrons. The molecule has 0 bridgehead atoms.